The molecule has 0 fully saturated rings. The summed E-state index contributed by atoms with van der Waals surface area (Å²) in [5.41, 5.74) is 0.230. The predicted molar refractivity (Wildman–Crippen MR) is 96.1 cm³/mol. The number of methoxy groups -OCH3 is 2. The minimum atomic E-state index is -0.613. The largest absolute Gasteiger partial charge is 0.497 e. The zero-order chi connectivity index (χ0) is 19.0. The Kier molecular flexibility index (Phi) is 8.25. The average Bonchev–Trinajstić information content (AvgIpc) is 2.57. The van der Waals surface area contributed by atoms with E-state index in [4.69, 9.17) is 14.2 Å². The van der Waals surface area contributed by atoms with E-state index in [2.05, 4.69) is 0 Å². The van der Waals surface area contributed by atoms with E-state index in [0.717, 1.165) is 0 Å². The number of rotatable bonds is 9. The summed E-state index contributed by atoms with van der Waals surface area (Å²) in [6, 6.07) is 4.85. The Labute approximate surface area is 150 Å². The predicted octanol–water partition coefficient (Wildman–Crippen LogP) is 3.00. The molecular weight excluding hydrogens is 322 g/mol. The molecule has 0 aliphatic carbocycles. The van der Waals surface area contributed by atoms with Gasteiger partial charge in [-0.05, 0) is 30.0 Å². The molecular formula is C19H29NO5. The third kappa shape index (κ3) is 6.64. The number of hydrogen-bond acceptors (Lipinski definition) is 5. The smallest absolute Gasteiger partial charge is 0.342 e. The molecule has 0 aliphatic rings. The van der Waals surface area contributed by atoms with Crippen LogP contribution in [-0.4, -0.2) is 50.7 Å². The van der Waals surface area contributed by atoms with Crippen molar-refractivity contribution in [2.45, 2.75) is 27.7 Å². The van der Waals surface area contributed by atoms with Crippen molar-refractivity contribution in [3.8, 4) is 11.5 Å². The number of amides is 1. The number of carbonyl (C=O) groups excluding carboxylic acids is 2. The van der Waals surface area contributed by atoms with Gasteiger partial charge in [0.05, 0.1) is 14.2 Å². The normalized spacial score (nSPS) is 10.7. The number of benzene rings is 1. The maximum Gasteiger partial charge on any atom is 0.342 e. The molecule has 1 aromatic carbocycles. The highest BCUT2D eigenvalue weighted by Gasteiger charge is 2.20. The van der Waals surface area contributed by atoms with Crippen molar-refractivity contribution < 1.29 is 23.8 Å². The maximum atomic E-state index is 12.4. The molecule has 140 valence electrons. The Hall–Kier alpha value is -2.24. The number of ether oxygens (including phenoxy) is 3. The van der Waals surface area contributed by atoms with Crippen molar-refractivity contribution in [3.63, 3.8) is 0 Å². The summed E-state index contributed by atoms with van der Waals surface area (Å²) in [6.45, 7) is 9.18. The molecule has 6 heteroatoms. The molecule has 0 bridgehead atoms. The van der Waals surface area contributed by atoms with Gasteiger partial charge in [-0.25, -0.2) is 4.79 Å². The molecule has 0 radical (unpaired) electrons. The molecule has 25 heavy (non-hydrogen) atoms. The lowest BCUT2D eigenvalue weighted by Gasteiger charge is -2.26. The van der Waals surface area contributed by atoms with Gasteiger partial charge < -0.3 is 19.1 Å². The molecule has 0 saturated carbocycles. The van der Waals surface area contributed by atoms with E-state index in [1.807, 2.05) is 27.7 Å². The molecule has 0 spiro atoms. The first-order valence-corrected chi connectivity index (χ1v) is 8.45. The minimum Gasteiger partial charge on any atom is -0.497 e. The van der Waals surface area contributed by atoms with E-state index < -0.39 is 5.97 Å². The van der Waals surface area contributed by atoms with Crippen LogP contribution < -0.4 is 9.47 Å². The van der Waals surface area contributed by atoms with E-state index in [-0.39, 0.29) is 18.1 Å². The molecule has 0 saturated heterocycles. The highest BCUT2D eigenvalue weighted by Crippen LogP contribution is 2.24. The molecule has 0 aromatic heterocycles. The molecule has 6 nitrogen and oxygen atoms in total. The van der Waals surface area contributed by atoms with E-state index in [9.17, 15) is 9.59 Å². The van der Waals surface area contributed by atoms with Gasteiger partial charge in [0.1, 0.15) is 17.1 Å². The van der Waals surface area contributed by atoms with Gasteiger partial charge in [0.2, 0.25) is 0 Å². The summed E-state index contributed by atoms with van der Waals surface area (Å²) in [4.78, 5) is 26.5. The Morgan fingerprint density at radius 1 is 1.00 bits per heavy atom. The molecule has 1 aromatic rings. The second-order valence-electron chi connectivity index (χ2n) is 6.73. The Balaban J connectivity index is 2.78. The first kappa shape index (κ1) is 20.8. The fourth-order valence-electron chi connectivity index (χ4n) is 2.43. The van der Waals surface area contributed by atoms with Gasteiger partial charge in [0, 0.05) is 13.1 Å². The molecule has 0 unspecified atom stereocenters. The summed E-state index contributed by atoms with van der Waals surface area (Å²) < 4.78 is 15.5. The van der Waals surface area contributed by atoms with Crippen molar-refractivity contribution >= 4 is 11.9 Å². The van der Waals surface area contributed by atoms with Crippen LogP contribution in [0.2, 0.25) is 0 Å². The zero-order valence-electron chi connectivity index (χ0n) is 16.0. The van der Waals surface area contributed by atoms with Crippen molar-refractivity contribution in [3.05, 3.63) is 23.8 Å². The fraction of sp³-hybridized carbons (Fsp3) is 0.579. The van der Waals surface area contributed by atoms with Crippen molar-refractivity contribution in [2.75, 3.05) is 33.9 Å². The summed E-state index contributed by atoms with van der Waals surface area (Å²) >= 11 is 0. The summed E-state index contributed by atoms with van der Waals surface area (Å²) in [6.07, 6.45) is 0. The number of carbonyl (C=O) groups is 2. The van der Waals surface area contributed by atoms with Crippen LogP contribution in [0.15, 0.2) is 18.2 Å². The second-order valence-corrected chi connectivity index (χ2v) is 6.73. The van der Waals surface area contributed by atoms with E-state index in [1.165, 1.54) is 20.3 Å². The number of esters is 1. The Bertz CT molecular complexity index is 573. The number of nitrogens with zero attached hydrogens (tertiary/aromatic N) is 1. The molecule has 0 heterocycles. The Morgan fingerprint density at radius 3 is 2.08 bits per heavy atom. The lowest BCUT2D eigenvalue weighted by molar-refractivity contribution is -0.135. The quantitative estimate of drug-likeness (QED) is 0.640. The monoisotopic (exact) mass is 351 g/mol. The van der Waals surface area contributed by atoms with Crippen LogP contribution in [0.4, 0.5) is 0 Å². The van der Waals surface area contributed by atoms with E-state index in [0.29, 0.717) is 36.4 Å². The molecule has 0 aliphatic heterocycles. The molecule has 1 amide bonds. The summed E-state index contributed by atoms with van der Waals surface area (Å²) in [7, 11) is 2.98. The lowest BCUT2D eigenvalue weighted by atomic mass is 10.1. The summed E-state index contributed by atoms with van der Waals surface area (Å²) in [5, 5.41) is 0. The molecule has 0 N–H and O–H groups in total. The topological polar surface area (TPSA) is 65.1 Å². The third-order valence-corrected chi connectivity index (χ3v) is 3.48. The van der Waals surface area contributed by atoms with Gasteiger partial charge in [-0.1, -0.05) is 27.7 Å². The van der Waals surface area contributed by atoms with Crippen LogP contribution in [0, 0.1) is 11.8 Å². The van der Waals surface area contributed by atoms with Crippen molar-refractivity contribution in [1.29, 1.82) is 0 Å². The van der Waals surface area contributed by atoms with Crippen molar-refractivity contribution in [1.82, 2.24) is 4.90 Å². The summed E-state index contributed by atoms with van der Waals surface area (Å²) in [5.74, 6) is 0.768. The third-order valence-electron chi connectivity index (χ3n) is 3.48. The SMILES string of the molecule is COc1ccc(OC)c(C(=O)OCC(=O)N(CC(C)C)CC(C)C)c1. The van der Waals surface area contributed by atoms with Gasteiger partial charge in [0.15, 0.2) is 6.61 Å². The highest BCUT2D eigenvalue weighted by atomic mass is 16.5. The van der Waals surface area contributed by atoms with Gasteiger partial charge >= 0.3 is 5.97 Å². The fourth-order valence-corrected chi connectivity index (χ4v) is 2.43. The highest BCUT2D eigenvalue weighted by molar-refractivity contribution is 5.94. The molecule has 0 atom stereocenters. The average molecular weight is 351 g/mol. The zero-order valence-corrected chi connectivity index (χ0v) is 16.0. The second kappa shape index (κ2) is 9.91. The first-order valence-electron chi connectivity index (χ1n) is 8.45. The van der Waals surface area contributed by atoms with Crippen LogP contribution in [0.3, 0.4) is 0 Å². The minimum absolute atomic E-state index is 0.197. The van der Waals surface area contributed by atoms with Crippen LogP contribution in [0.5, 0.6) is 11.5 Å². The van der Waals surface area contributed by atoms with E-state index in [1.54, 1.807) is 17.0 Å². The number of hydrogen-bond donors (Lipinski definition) is 0. The van der Waals surface area contributed by atoms with E-state index >= 15 is 0 Å². The van der Waals surface area contributed by atoms with Gasteiger partial charge in [0.25, 0.3) is 5.91 Å². The van der Waals surface area contributed by atoms with Crippen molar-refractivity contribution in [2.24, 2.45) is 11.8 Å². The molecule has 1 rings (SSSR count). The Morgan fingerprint density at radius 2 is 1.60 bits per heavy atom. The van der Waals surface area contributed by atoms with Crippen LogP contribution >= 0.6 is 0 Å². The lowest BCUT2D eigenvalue weighted by Crippen LogP contribution is -2.39. The first-order chi connectivity index (χ1) is 11.8. The van der Waals surface area contributed by atoms with Crippen LogP contribution in [0.1, 0.15) is 38.1 Å². The standard InChI is InChI=1S/C19H29NO5/c1-13(2)10-20(11-14(3)4)18(21)12-25-19(22)16-9-15(23-5)7-8-17(16)24-6/h7-9,13-14H,10-12H2,1-6H3. The maximum absolute atomic E-state index is 12.4. The van der Waals surface area contributed by atoms with Gasteiger partial charge in [-0.15, -0.1) is 0 Å². The van der Waals surface area contributed by atoms with Gasteiger partial charge in [-0.2, -0.15) is 0 Å². The van der Waals surface area contributed by atoms with Crippen LogP contribution in [0.25, 0.3) is 0 Å². The van der Waals surface area contributed by atoms with Gasteiger partial charge in [-0.3, -0.25) is 4.79 Å². The van der Waals surface area contributed by atoms with Crippen LogP contribution in [-0.2, 0) is 9.53 Å².